The molecule has 1 aliphatic rings. The first-order valence-electron chi connectivity index (χ1n) is 10.5. The van der Waals surface area contributed by atoms with E-state index in [0.717, 1.165) is 32.5 Å². The van der Waals surface area contributed by atoms with Crippen molar-refractivity contribution in [1.82, 2.24) is 9.88 Å². The summed E-state index contributed by atoms with van der Waals surface area (Å²) in [7, 11) is 0. The normalized spacial score (nSPS) is 14.5. The third-order valence-electron chi connectivity index (χ3n) is 5.52. The summed E-state index contributed by atoms with van der Waals surface area (Å²) in [6.07, 6.45) is 5.54. The molecule has 0 aliphatic carbocycles. The first-order valence-corrected chi connectivity index (χ1v) is 10.5. The second-order valence-electron chi connectivity index (χ2n) is 7.88. The Labute approximate surface area is 175 Å². The van der Waals surface area contributed by atoms with Crippen molar-refractivity contribution in [2.45, 2.75) is 46.3 Å². The van der Waals surface area contributed by atoms with Crippen molar-refractivity contribution in [1.29, 1.82) is 0 Å². The quantitative estimate of drug-likeness (QED) is 0.669. The van der Waals surface area contributed by atoms with Gasteiger partial charge in [0, 0.05) is 37.6 Å². The van der Waals surface area contributed by atoms with Crippen LogP contribution in [0.4, 0.5) is 0 Å². The number of hydrogen-bond acceptors (Lipinski definition) is 3. The minimum absolute atomic E-state index is 0.171. The molecule has 3 nitrogen and oxygen atoms in total. The molecule has 0 fully saturated rings. The third kappa shape index (κ3) is 5.99. The van der Waals surface area contributed by atoms with Crippen LogP contribution in [-0.4, -0.2) is 34.2 Å². The zero-order valence-electron chi connectivity index (χ0n) is 17.8. The van der Waals surface area contributed by atoms with Crippen LogP contribution in [0.1, 0.15) is 35.6 Å². The molecule has 1 N–H and O–H groups in total. The van der Waals surface area contributed by atoms with E-state index in [1.165, 1.54) is 33.4 Å². The third-order valence-corrected chi connectivity index (χ3v) is 5.52. The molecule has 3 heteroatoms. The molecule has 0 amide bonds. The maximum Gasteiger partial charge on any atom is 0.0664 e. The molecular weight excluding hydrogens is 356 g/mol. The van der Waals surface area contributed by atoms with Crippen LogP contribution >= 0.6 is 0 Å². The van der Waals surface area contributed by atoms with Crippen molar-refractivity contribution in [2.75, 3.05) is 13.1 Å². The SMILES string of the molecule is CCC(O)CN1CCc2ccccc2C1.Cc1cccc(-c2cnccc2C)c1. The first-order chi connectivity index (χ1) is 14.1. The van der Waals surface area contributed by atoms with E-state index >= 15 is 0 Å². The van der Waals surface area contributed by atoms with E-state index in [2.05, 4.69) is 72.3 Å². The van der Waals surface area contributed by atoms with Gasteiger partial charge < -0.3 is 5.11 Å². The molecular formula is C26H32N2O. The van der Waals surface area contributed by atoms with Crippen molar-refractivity contribution in [3.63, 3.8) is 0 Å². The predicted molar refractivity (Wildman–Crippen MR) is 121 cm³/mol. The van der Waals surface area contributed by atoms with Crippen LogP contribution in [0.2, 0.25) is 0 Å². The lowest BCUT2D eigenvalue weighted by Crippen LogP contribution is -2.36. The Bertz CT molecular complexity index is 922. The Morgan fingerprint density at radius 3 is 2.55 bits per heavy atom. The number of nitrogens with zero attached hydrogens (tertiary/aromatic N) is 2. The first kappa shape index (κ1) is 21.2. The zero-order chi connectivity index (χ0) is 20.6. The van der Waals surface area contributed by atoms with Crippen molar-refractivity contribution < 1.29 is 5.11 Å². The molecule has 152 valence electrons. The molecule has 0 saturated heterocycles. The number of aryl methyl sites for hydroxylation is 2. The van der Waals surface area contributed by atoms with Crippen molar-refractivity contribution in [3.8, 4) is 11.1 Å². The van der Waals surface area contributed by atoms with Gasteiger partial charge in [-0.15, -0.1) is 0 Å². The average Bonchev–Trinajstić information content (AvgIpc) is 2.74. The van der Waals surface area contributed by atoms with Crippen molar-refractivity contribution in [3.05, 3.63) is 89.2 Å². The molecule has 4 rings (SSSR count). The Hall–Kier alpha value is -2.49. The maximum absolute atomic E-state index is 9.62. The summed E-state index contributed by atoms with van der Waals surface area (Å²) >= 11 is 0. The number of aliphatic hydroxyl groups is 1. The van der Waals surface area contributed by atoms with Gasteiger partial charge >= 0.3 is 0 Å². The van der Waals surface area contributed by atoms with Gasteiger partial charge in [-0.3, -0.25) is 9.88 Å². The van der Waals surface area contributed by atoms with Gasteiger partial charge in [-0.05, 0) is 55.0 Å². The van der Waals surface area contributed by atoms with E-state index in [-0.39, 0.29) is 6.10 Å². The van der Waals surface area contributed by atoms with Crippen LogP contribution in [0, 0.1) is 13.8 Å². The van der Waals surface area contributed by atoms with Gasteiger partial charge in [0.2, 0.25) is 0 Å². The van der Waals surface area contributed by atoms with Crippen LogP contribution in [-0.2, 0) is 13.0 Å². The van der Waals surface area contributed by atoms with Crippen molar-refractivity contribution in [2.24, 2.45) is 0 Å². The van der Waals surface area contributed by atoms with E-state index in [9.17, 15) is 5.11 Å². The largest absolute Gasteiger partial charge is 0.392 e. The van der Waals surface area contributed by atoms with Crippen LogP contribution < -0.4 is 0 Å². The highest BCUT2D eigenvalue weighted by molar-refractivity contribution is 5.66. The fourth-order valence-electron chi connectivity index (χ4n) is 3.72. The monoisotopic (exact) mass is 388 g/mol. The highest BCUT2D eigenvalue weighted by Gasteiger charge is 2.17. The summed E-state index contributed by atoms with van der Waals surface area (Å²) < 4.78 is 0. The molecule has 1 aliphatic heterocycles. The van der Waals surface area contributed by atoms with Crippen LogP contribution in [0.15, 0.2) is 67.0 Å². The summed E-state index contributed by atoms with van der Waals surface area (Å²) in [5.74, 6) is 0. The van der Waals surface area contributed by atoms with E-state index in [1.54, 1.807) is 0 Å². The molecule has 1 atom stereocenters. The van der Waals surface area contributed by atoms with Gasteiger partial charge in [-0.1, -0.05) is 61.0 Å². The minimum atomic E-state index is -0.171. The number of β-amino-alcohol motifs (C(OH)–C–C–N with tert-alkyl or cyclic N) is 1. The molecule has 0 radical (unpaired) electrons. The molecule has 1 aromatic heterocycles. The standard InChI is InChI=1S/C13H19NO.C13H13N/c1-2-13(15)10-14-8-7-11-5-3-4-6-12(11)9-14;1-10-4-3-5-12(8-10)13-9-14-7-6-11(13)2/h3-6,13,15H,2,7-10H2,1H3;3-9H,1-2H3. The van der Waals surface area contributed by atoms with E-state index in [4.69, 9.17) is 0 Å². The van der Waals surface area contributed by atoms with Gasteiger partial charge in [-0.2, -0.15) is 0 Å². The lowest BCUT2D eigenvalue weighted by atomic mass is 9.99. The minimum Gasteiger partial charge on any atom is -0.392 e. The van der Waals surface area contributed by atoms with Crippen LogP contribution in [0.3, 0.4) is 0 Å². The van der Waals surface area contributed by atoms with Gasteiger partial charge in [0.15, 0.2) is 0 Å². The Morgan fingerprint density at radius 1 is 1.03 bits per heavy atom. The van der Waals surface area contributed by atoms with E-state index in [0.29, 0.717) is 0 Å². The number of aromatic nitrogens is 1. The topological polar surface area (TPSA) is 36.4 Å². The number of benzene rings is 2. The van der Waals surface area contributed by atoms with Gasteiger partial charge in [0.05, 0.1) is 6.10 Å². The lowest BCUT2D eigenvalue weighted by Gasteiger charge is -2.30. The number of aliphatic hydroxyl groups excluding tert-OH is 1. The number of hydrogen-bond donors (Lipinski definition) is 1. The van der Waals surface area contributed by atoms with Gasteiger partial charge in [-0.25, -0.2) is 0 Å². The fourth-order valence-corrected chi connectivity index (χ4v) is 3.72. The second kappa shape index (κ2) is 10.3. The predicted octanol–water partition coefficient (Wildman–Crippen LogP) is 5.18. The highest BCUT2D eigenvalue weighted by atomic mass is 16.3. The summed E-state index contributed by atoms with van der Waals surface area (Å²) in [5.41, 5.74) is 7.91. The van der Waals surface area contributed by atoms with Gasteiger partial charge in [0.1, 0.15) is 0 Å². The zero-order valence-corrected chi connectivity index (χ0v) is 17.8. The lowest BCUT2D eigenvalue weighted by molar-refractivity contribution is 0.102. The van der Waals surface area contributed by atoms with Crippen LogP contribution in [0.25, 0.3) is 11.1 Å². The number of rotatable bonds is 4. The summed E-state index contributed by atoms with van der Waals surface area (Å²) in [5, 5.41) is 9.62. The molecule has 3 aromatic rings. The highest BCUT2D eigenvalue weighted by Crippen LogP contribution is 2.22. The number of pyridine rings is 1. The molecule has 0 spiro atoms. The van der Waals surface area contributed by atoms with Crippen LogP contribution in [0.5, 0.6) is 0 Å². The van der Waals surface area contributed by atoms with E-state index < -0.39 is 0 Å². The van der Waals surface area contributed by atoms with Crippen molar-refractivity contribution >= 4 is 0 Å². The smallest absolute Gasteiger partial charge is 0.0664 e. The Morgan fingerprint density at radius 2 is 1.83 bits per heavy atom. The maximum atomic E-state index is 9.62. The summed E-state index contributed by atoms with van der Waals surface area (Å²) in [4.78, 5) is 6.50. The van der Waals surface area contributed by atoms with Gasteiger partial charge in [0.25, 0.3) is 0 Å². The molecule has 29 heavy (non-hydrogen) atoms. The molecule has 0 bridgehead atoms. The fraction of sp³-hybridized carbons (Fsp3) is 0.346. The molecule has 2 heterocycles. The number of fused-ring (bicyclic) bond motifs is 1. The Balaban J connectivity index is 0.000000166. The average molecular weight is 389 g/mol. The molecule has 2 aromatic carbocycles. The summed E-state index contributed by atoms with van der Waals surface area (Å²) in [6.45, 7) is 9.13. The molecule has 1 unspecified atom stereocenters. The Kier molecular flexibility index (Phi) is 7.56. The second-order valence-corrected chi connectivity index (χ2v) is 7.88. The van der Waals surface area contributed by atoms with E-state index in [1.807, 2.05) is 25.4 Å². The summed E-state index contributed by atoms with van der Waals surface area (Å²) in [6, 6.07) is 19.1. The molecule has 0 saturated carbocycles.